The monoisotopic (exact) mass is 529 g/mol. The van der Waals surface area contributed by atoms with Crippen molar-refractivity contribution in [1.29, 1.82) is 0 Å². The number of pyridine rings is 1. The van der Waals surface area contributed by atoms with Gasteiger partial charge in [-0.3, -0.25) is 0 Å². The third-order valence-electron chi connectivity index (χ3n) is 3.63. The number of aromatic nitrogens is 3. The van der Waals surface area contributed by atoms with Crippen LogP contribution >= 0.6 is 24.0 Å². The molecule has 3 N–H and O–H groups in total. The van der Waals surface area contributed by atoms with E-state index >= 15 is 0 Å². The van der Waals surface area contributed by atoms with Gasteiger partial charge in [0.05, 0.1) is 6.54 Å². The Kier molecular flexibility index (Phi) is 11.2. The number of carbonyl (C=O) groups excluding carboxylic acids is 1. The van der Waals surface area contributed by atoms with Gasteiger partial charge in [-0.15, -0.1) is 24.0 Å². The highest BCUT2D eigenvalue weighted by Crippen LogP contribution is 2.07. The number of nitrogens with one attached hydrogen (secondary N) is 3. The van der Waals surface area contributed by atoms with Crippen molar-refractivity contribution in [3.05, 3.63) is 42.4 Å². The number of ether oxygens (including phenoxy) is 1. The van der Waals surface area contributed by atoms with Crippen LogP contribution < -0.4 is 16.0 Å². The topological polar surface area (TPSA) is 105 Å². The average molecular weight is 529 g/mol. The molecule has 0 saturated heterocycles. The molecule has 0 radical (unpaired) electrons. The highest BCUT2D eigenvalue weighted by atomic mass is 127. The Bertz CT molecular complexity index is 789. The molecule has 0 aliphatic rings. The molecule has 2 aromatic rings. The summed E-state index contributed by atoms with van der Waals surface area (Å²) in [4.78, 5) is 20.6. The van der Waals surface area contributed by atoms with Gasteiger partial charge in [-0.25, -0.2) is 19.5 Å². The van der Waals surface area contributed by atoms with Gasteiger partial charge < -0.3 is 20.7 Å². The Hall–Kier alpha value is -2.37. The van der Waals surface area contributed by atoms with Crippen LogP contribution in [0.2, 0.25) is 0 Å². The van der Waals surface area contributed by atoms with E-state index in [1.165, 1.54) is 0 Å². The number of halogens is 1. The normalized spacial score (nSPS) is 11.4. The van der Waals surface area contributed by atoms with E-state index in [1.54, 1.807) is 17.1 Å². The van der Waals surface area contributed by atoms with Gasteiger partial charge >= 0.3 is 6.09 Å². The van der Waals surface area contributed by atoms with Gasteiger partial charge in [-0.05, 0) is 57.9 Å². The summed E-state index contributed by atoms with van der Waals surface area (Å²) in [5.74, 6) is 1.48. The number of rotatable bonds is 8. The van der Waals surface area contributed by atoms with Crippen LogP contribution in [0.4, 0.5) is 4.79 Å². The lowest BCUT2D eigenvalue weighted by atomic mass is 10.2. The SMILES string of the molecule is CCNC(=NCc1ccnc(-n2cccn2)c1)NCCCNC(=O)OC(C)(C)C.I. The lowest BCUT2D eigenvalue weighted by Crippen LogP contribution is -2.39. The first-order valence-corrected chi connectivity index (χ1v) is 9.81. The summed E-state index contributed by atoms with van der Waals surface area (Å²) >= 11 is 0. The largest absolute Gasteiger partial charge is 0.444 e. The number of carbonyl (C=O) groups is 1. The van der Waals surface area contributed by atoms with Crippen LogP contribution in [0, 0.1) is 0 Å². The second-order valence-electron chi connectivity index (χ2n) is 7.38. The molecule has 0 atom stereocenters. The molecular formula is C20H32IN7O2. The zero-order valence-electron chi connectivity index (χ0n) is 18.0. The fraction of sp³-hybridized carbons (Fsp3) is 0.500. The van der Waals surface area contributed by atoms with Crippen LogP contribution in [0.3, 0.4) is 0 Å². The fourth-order valence-electron chi connectivity index (χ4n) is 2.40. The molecule has 0 saturated carbocycles. The summed E-state index contributed by atoms with van der Waals surface area (Å²) in [6.07, 6.45) is 5.68. The second-order valence-corrected chi connectivity index (χ2v) is 7.38. The number of guanidine groups is 1. The number of aliphatic imine (C=N–C) groups is 1. The maximum absolute atomic E-state index is 11.6. The van der Waals surface area contributed by atoms with Crippen molar-refractivity contribution in [1.82, 2.24) is 30.7 Å². The van der Waals surface area contributed by atoms with Crippen molar-refractivity contribution in [3.8, 4) is 5.82 Å². The molecule has 0 bridgehead atoms. The van der Waals surface area contributed by atoms with Gasteiger partial charge in [0.15, 0.2) is 11.8 Å². The van der Waals surface area contributed by atoms with Gasteiger partial charge in [0.1, 0.15) is 5.60 Å². The van der Waals surface area contributed by atoms with Crippen LogP contribution in [-0.4, -0.2) is 52.1 Å². The van der Waals surface area contributed by atoms with Crippen LogP contribution in [0.25, 0.3) is 5.82 Å². The molecule has 2 rings (SSSR count). The highest BCUT2D eigenvalue weighted by molar-refractivity contribution is 14.0. The third kappa shape index (κ3) is 9.90. The zero-order valence-corrected chi connectivity index (χ0v) is 20.3. The lowest BCUT2D eigenvalue weighted by Gasteiger charge is -2.19. The Labute approximate surface area is 195 Å². The highest BCUT2D eigenvalue weighted by Gasteiger charge is 2.15. The van der Waals surface area contributed by atoms with Gasteiger partial charge in [0.25, 0.3) is 0 Å². The predicted molar refractivity (Wildman–Crippen MR) is 128 cm³/mol. The molecule has 2 heterocycles. The summed E-state index contributed by atoms with van der Waals surface area (Å²) in [6.45, 7) is 10.0. The van der Waals surface area contributed by atoms with Gasteiger partial charge in [0, 0.05) is 38.2 Å². The number of alkyl carbamates (subject to hydrolysis) is 1. The average Bonchev–Trinajstić information content (AvgIpc) is 3.19. The molecule has 0 aliphatic heterocycles. The van der Waals surface area contributed by atoms with Crippen molar-refractivity contribution in [2.45, 2.75) is 46.3 Å². The van der Waals surface area contributed by atoms with E-state index in [9.17, 15) is 4.79 Å². The van der Waals surface area contributed by atoms with Crippen LogP contribution in [0.5, 0.6) is 0 Å². The first-order valence-electron chi connectivity index (χ1n) is 9.81. The maximum Gasteiger partial charge on any atom is 0.407 e. The molecule has 2 aromatic heterocycles. The van der Waals surface area contributed by atoms with Crippen molar-refractivity contribution >= 4 is 36.0 Å². The number of nitrogens with zero attached hydrogens (tertiary/aromatic N) is 4. The maximum atomic E-state index is 11.6. The van der Waals surface area contributed by atoms with Crippen LogP contribution in [-0.2, 0) is 11.3 Å². The molecule has 1 amide bonds. The van der Waals surface area contributed by atoms with Crippen molar-refractivity contribution in [2.75, 3.05) is 19.6 Å². The Morgan fingerprint density at radius 3 is 2.63 bits per heavy atom. The summed E-state index contributed by atoms with van der Waals surface area (Å²) < 4.78 is 6.93. The standard InChI is InChI=1S/C20H31N7O2.HI/c1-5-21-18(23-9-6-10-24-19(28)29-20(2,3)4)25-15-16-8-12-22-17(14-16)27-13-7-11-26-27;/h7-8,11-14H,5-6,9-10,15H2,1-4H3,(H,24,28)(H2,21,23,25);1H. The smallest absolute Gasteiger partial charge is 0.407 e. The minimum absolute atomic E-state index is 0. The molecule has 166 valence electrons. The van der Waals surface area contributed by atoms with Crippen molar-refractivity contribution < 1.29 is 9.53 Å². The number of hydrogen-bond donors (Lipinski definition) is 3. The molecule has 0 aromatic carbocycles. The number of hydrogen-bond acceptors (Lipinski definition) is 5. The van der Waals surface area contributed by atoms with E-state index in [1.807, 2.05) is 52.1 Å². The molecule has 0 aliphatic carbocycles. The molecule has 9 nitrogen and oxygen atoms in total. The van der Waals surface area contributed by atoms with Gasteiger partial charge in [-0.2, -0.15) is 5.10 Å². The second kappa shape index (κ2) is 13.0. The molecule has 0 spiro atoms. The van der Waals surface area contributed by atoms with E-state index in [-0.39, 0.29) is 24.0 Å². The Morgan fingerprint density at radius 2 is 1.97 bits per heavy atom. The molecule has 0 fully saturated rings. The van der Waals surface area contributed by atoms with E-state index in [4.69, 9.17) is 4.74 Å². The number of amides is 1. The fourth-order valence-corrected chi connectivity index (χ4v) is 2.40. The van der Waals surface area contributed by atoms with Crippen LogP contribution in [0.1, 0.15) is 39.7 Å². The Balaban J connectivity index is 0.00000450. The molecule has 10 heteroatoms. The first kappa shape index (κ1) is 25.7. The summed E-state index contributed by atoms with van der Waals surface area (Å²) in [6, 6.07) is 5.76. The van der Waals surface area contributed by atoms with Crippen molar-refractivity contribution in [2.24, 2.45) is 4.99 Å². The molecule has 0 unspecified atom stereocenters. The van der Waals surface area contributed by atoms with Crippen molar-refractivity contribution in [3.63, 3.8) is 0 Å². The summed E-state index contributed by atoms with van der Waals surface area (Å²) in [5, 5.41) is 13.4. The first-order chi connectivity index (χ1) is 13.9. The predicted octanol–water partition coefficient (Wildman–Crippen LogP) is 2.86. The van der Waals surface area contributed by atoms with Gasteiger partial charge in [0.2, 0.25) is 0 Å². The van der Waals surface area contributed by atoms with E-state index < -0.39 is 11.7 Å². The van der Waals surface area contributed by atoms with Gasteiger partial charge in [-0.1, -0.05) is 0 Å². The minimum Gasteiger partial charge on any atom is -0.444 e. The minimum atomic E-state index is -0.489. The third-order valence-corrected chi connectivity index (χ3v) is 3.63. The van der Waals surface area contributed by atoms with E-state index in [2.05, 4.69) is 31.0 Å². The Morgan fingerprint density at radius 1 is 1.20 bits per heavy atom. The molecular weight excluding hydrogens is 497 g/mol. The van der Waals surface area contributed by atoms with Crippen LogP contribution in [0.15, 0.2) is 41.8 Å². The summed E-state index contributed by atoms with van der Waals surface area (Å²) in [5.41, 5.74) is 0.548. The zero-order chi connectivity index (χ0) is 21.1. The summed E-state index contributed by atoms with van der Waals surface area (Å²) in [7, 11) is 0. The van der Waals surface area contributed by atoms with E-state index in [0.29, 0.717) is 19.6 Å². The quantitative estimate of drug-likeness (QED) is 0.210. The lowest BCUT2D eigenvalue weighted by molar-refractivity contribution is 0.0527. The molecule has 30 heavy (non-hydrogen) atoms. The van der Waals surface area contributed by atoms with E-state index in [0.717, 1.165) is 30.3 Å².